The van der Waals surface area contributed by atoms with E-state index >= 15 is 0 Å². The number of benzene rings is 4. The van der Waals surface area contributed by atoms with Gasteiger partial charge in [-0.2, -0.15) is 0 Å². The van der Waals surface area contributed by atoms with Gasteiger partial charge in [0.1, 0.15) is 12.2 Å². The van der Waals surface area contributed by atoms with Crippen molar-refractivity contribution in [2.24, 2.45) is 0 Å². The van der Waals surface area contributed by atoms with Gasteiger partial charge in [-0.3, -0.25) is 19.8 Å². The van der Waals surface area contributed by atoms with E-state index in [9.17, 15) is 9.59 Å². The molecule has 1 aliphatic rings. The van der Waals surface area contributed by atoms with Gasteiger partial charge < -0.3 is 9.47 Å². The van der Waals surface area contributed by atoms with E-state index in [1.807, 2.05) is 30.3 Å². The number of nitrogens with zero attached hydrogens (tertiary/aromatic N) is 1. The van der Waals surface area contributed by atoms with Crippen LogP contribution in [0.15, 0.2) is 95.0 Å². The summed E-state index contributed by atoms with van der Waals surface area (Å²) in [5.74, 6) is -0.0930. The minimum Gasteiger partial charge on any atom is -0.493 e. The third-order valence-electron chi connectivity index (χ3n) is 5.93. The molecule has 4 aromatic rings. The second kappa shape index (κ2) is 10.5. The minimum absolute atomic E-state index is 0.0364. The molecule has 2 amide bonds. The summed E-state index contributed by atoms with van der Waals surface area (Å²) in [6, 6.07) is 26.6. The van der Waals surface area contributed by atoms with Crippen molar-refractivity contribution in [2.75, 3.05) is 12.0 Å². The molecule has 0 atom stereocenters. The number of para-hydroxylation sites is 1. The van der Waals surface area contributed by atoms with Crippen LogP contribution in [0.4, 0.5) is 5.69 Å². The fraction of sp³-hybridized carbons (Fsp3) is 0.0690. The molecule has 1 saturated heterocycles. The Morgan fingerprint density at radius 3 is 2.49 bits per heavy atom. The smallest absolute Gasteiger partial charge is 0.270 e. The van der Waals surface area contributed by atoms with Gasteiger partial charge in [0, 0.05) is 0 Å². The molecule has 0 aromatic heterocycles. The highest BCUT2D eigenvalue weighted by atomic mass is 79.9. The highest BCUT2D eigenvalue weighted by Crippen LogP contribution is 2.38. The van der Waals surface area contributed by atoms with Gasteiger partial charge in [-0.1, -0.05) is 60.7 Å². The lowest BCUT2D eigenvalue weighted by molar-refractivity contribution is -0.122. The maximum absolute atomic E-state index is 13.3. The van der Waals surface area contributed by atoms with Crippen LogP contribution in [0, 0.1) is 0 Å². The standard InChI is InChI=1S/C29H21BrN2O4S/c1-35-25-16-18(14-23-27(33)31-29(37)32(28(23)34)21-11-3-2-4-12-21)15-24(30)26(25)36-17-20-10-7-9-19-8-5-6-13-22(19)20/h2-16H,17H2,1H3,(H,31,33,37)/b23-14-. The Morgan fingerprint density at radius 1 is 0.973 bits per heavy atom. The van der Waals surface area contributed by atoms with Crippen molar-refractivity contribution in [3.8, 4) is 11.5 Å². The van der Waals surface area contributed by atoms with Crippen LogP contribution in [0.5, 0.6) is 11.5 Å². The summed E-state index contributed by atoms with van der Waals surface area (Å²) in [5.41, 5.74) is 2.15. The molecule has 1 aliphatic heterocycles. The van der Waals surface area contributed by atoms with Crippen molar-refractivity contribution in [2.45, 2.75) is 6.61 Å². The van der Waals surface area contributed by atoms with Gasteiger partial charge in [-0.15, -0.1) is 0 Å². The van der Waals surface area contributed by atoms with Crippen LogP contribution < -0.4 is 19.7 Å². The number of nitrogens with one attached hydrogen (secondary N) is 1. The van der Waals surface area contributed by atoms with E-state index < -0.39 is 11.8 Å². The molecular formula is C29H21BrN2O4S. The Morgan fingerprint density at radius 2 is 1.70 bits per heavy atom. The SMILES string of the molecule is COc1cc(/C=C2/C(=O)NC(=S)N(c3ccccc3)C2=O)cc(Br)c1OCc1cccc2ccccc12. The molecular weight excluding hydrogens is 552 g/mol. The summed E-state index contributed by atoms with van der Waals surface area (Å²) >= 11 is 8.82. The van der Waals surface area contributed by atoms with Gasteiger partial charge in [-0.25, -0.2) is 0 Å². The second-order valence-electron chi connectivity index (χ2n) is 8.25. The predicted octanol–water partition coefficient (Wildman–Crippen LogP) is 6.02. The molecule has 0 bridgehead atoms. The van der Waals surface area contributed by atoms with Crippen molar-refractivity contribution < 1.29 is 19.1 Å². The number of amides is 2. The molecule has 6 nitrogen and oxygen atoms in total. The van der Waals surface area contributed by atoms with Gasteiger partial charge in [-0.05, 0) is 80.4 Å². The molecule has 1 N–H and O–H groups in total. The number of methoxy groups -OCH3 is 1. The summed E-state index contributed by atoms with van der Waals surface area (Å²) in [6.45, 7) is 0.334. The lowest BCUT2D eigenvalue weighted by atomic mass is 10.1. The van der Waals surface area contributed by atoms with Gasteiger partial charge in [0.15, 0.2) is 16.6 Å². The molecule has 4 aromatic carbocycles. The van der Waals surface area contributed by atoms with Crippen molar-refractivity contribution in [1.29, 1.82) is 0 Å². The Bertz CT molecular complexity index is 1560. The first-order valence-electron chi connectivity index (χ1n) is 11.4. The average molecular weight is 573 g/mol. The quantitative estimate of drug-likeness (QED) is 0.174. The Kier molecular flexibility index (Phi) is 7.03. The summed E-state index contributed by atoms with van der Waals surface area (Å²) < 4.78 is 12.4. The summed E-state index contributed by atoms with van der Waals surface area (Å²) in [4.78, 5) is 27.3. The zero-order chi connectivity index (χ0) is 25.9. The number of anilines is 1. The Labute approximate surface area is 227 Å². The van der Waals surface area contributed by atoms with Crippen LogP contribution in [-0.2, 0) is 16.2 Å². The fourth-order valence-corrected chi connectivity index (χ4v) is 5.02. The van der Waals surface area contributed by atoms with Crippen molar-refractivity contribution in [3.05, 3.63) is 106 Å². The minimum atomic E-state index is -0.562. The molecule has 1 heterocycles. The number of carbonyl (C=O) groups is 2. The molecule has 184 valence electrons. The molecule has 8 heteroatoms. The zero-order valence-electron chi connectivity index (χ0n) is 19.7. The lowest BCUT2D eigenvalue weighted by Gasteiger charge is -2.28. The molecule has 5 rings (SSSR count). The molecule has 0 aliphatic carbocycles. The van der Waals surface area contributed by atoms with Gasteiger partial charge in [0.05, 0.1) is 17.3 Å². The van der Waals surface area contributed by atoms with Crippen LogP contribution in [0.25, 0.3) is 16.8 Å². The van der Waals surface area contributed by atoms with E-state index in [2.05, 4.69) is 39.4 Å². The number of halogens is 1. The molecule has 0 spiro atoms. The van der Waals surface area contributed by atoms with Crippen molar-refractivity contribution in [3.63, 3.8) is 0 Å². The van der Waals surface area contributed by atoms with E-state index in [1.165, 1.54) is 18.1 Å². The molecule has 0 radical (unpaired) electrons. The molecule has 0 unspecified atom stereocenters. The van der Waals surface area contributed by atoms with Crippen LogP contribution in [-0.4, -0.2) is 24.0 Å². The number of carbonyl (C=O) groups excluding carboxylic acids is 2. The number of hydrogen-bond donors (Lipinski definition) is 1. The average Bonchev–Trinajstić information content (AvgIpc) is 2.90. The first kappa shape index (κ1) is 24.7. The van der Waals surface area contributed by atoms with E-state index in [0.717, 1.165) is 16.3 Å². The topological polar surface area (TPSA) is 67.9 Å². The monoisotopic (exact) mass is 572 g/mol. The summed E-state index contributed by atoms with van der Waals surface area (Å²) in [6.07, 6.45) is 1.51. The van der Waals surface area contributed by atoms with E-state index in [4.69, 9.17) is 21.7 Å². The van der Waals surface area contributed by atoms with Gasteiger partial charge >= 0.3 is 0 Å². The fourth-order valence-electron chi connectivity index (χ4n) is 4.17. The number of ether oxygens (including phenoxy) is 2. The van der Waals surface area contributed by atoms with Crippen LogP contribution >= 0.6 is 28.1 Å². The molecule has 0 saturated carbocycles. The van der Waals surface area contributed by atoms with E-state index in [-0.39, 0.29) is 10.7 Å². The maximum atomic E-state index is 13.3. The van der Waals surface area contributed by atoms with E-state index in [0.29, 0.717) is 33.8 Å². The van der Waals surface area contributed by atoms with E-state index in [1.54, 1.807) is 36.4 Å². The van der Waals surface area contributed by atoms with Gasteiger partial charge in [0.25, 0.3) is 11.8 Å². The van der Waals surface area contributed by atoms with Crippen LogP contribution in [0.3, 0.4) is 0 Å². The maximum Gasteiger partial charge on any atom is 0.270 e. The Balaban J connectivity index is 1.44. The number of thiocarbonyl (C=S) groups is 1. The summed E-state index contributed by atoms with van der Waals surface area (Å²) in [5, 5.41) is 4.88. The molecule has 1 fully saturated rings. The van der Waals surface area contributed by atoms with Crippen molar-refractivity contribution >= 4 is 67.6 Å². The first-order chi connectivity index (χ1) is 18.0. The second-order valence-corrected chi connectivity index (χ2v) is 9.50. The normalized spacial score (nSPS) is 14.7. The largest absolute Gasteiger partial charge is 0.493 e. The summed E-state index contributed by atoms with van der Waals surface area (Å²) in [7, 11) is 1.54. The van der Waals surface area contributed by atoms with Crippen molar-refractivity contribution in [1.82, 2.24) is 5.32 Å². The molecule has 37 heavy (non-hydrogen) atoms. The highest BCUT2D eigenvalue weighted by molar-refractivity contribution is 9.10. The third-order valence-corrected chi connectivity index (χ3v) is 6.80. The first-order valence-corrected chi connectivity index (χ1v) is 12.6. The number of fused-ring (bicyclic) bond motifs is 1. The zero-order valence-corrected chi connectivity index (χ0v) is 22.1. The lowest BCUT2D eigenvalue weighted by Crippen LogP contribution is -2.54. The van der Waals surface area contributed by atoms with Gasteiger partial charge in [0.2, 0.25) is 0 Å². The number of rotatable bonds is 6. The van der Waals surface area contributed by atoms with Crippen LogP contribution in [0.1, 0.15) is 11.1 Å². The number of hydrogen-bond acceptors (Lipinski definition) is 5. The van der Waals surface area contributed by atoms with Crippen LogP contribution in [0.2, 0.25) is 0 Å². The predicted molar refractivity (Wildman–Crippen MR) is 152 cm³/mol. The Hall–Kier alpha value is -4.01. The third kappa shape index (κ3) is 4.98. The highest BCUT2D eigenvalue weighted by Gasteiger charge is 2.34.